The molecule has 0 rings (SSSR count). The molecule has 0 unspecified atom stereocenters. The van der Waals surface area contributed by atoms with Gasteiger partial charge in [-0.2, -0.15) is 0 Å². The minimum Gasteiger partial charge on any atom is -0.381 e. The van der Waals surface area contributed by atoms with Crippen molar-refractivity contribution in [3.05, 3.63) is 0 Å². The molecule has 0 spiro atoms. The standard InChI is InChI=1S/C9H20O.C4H8O.2C2H6/c1-3-5-6-7-9-10-8-4-2;1-3-4(2)5;2*1-2/h3-9H2,1-2H3;3H2,1-2H3;2*1-2H3. The van der Waals surface area contributed by atoms with Crippen LogP contribution in [0.1, 0.15) is 93.9 Å². The summed E-state index contributed by atoms with van der Waals surface area (Å²) in [4.78, 5) is 9.81. The van der Waals surface area contributed by atoms with Crippen molar-refractivity contribution in [2.45, 2.75) is 93.9 Å². The van der Waals surface area contributed by atoms with Gasteiger partial charge in [-0.25, -0.2) is 0 Å². The van der Waals surface area contributed by atoms with Crippen molar-refractivity contribution in [1.29, 1.82) is 0 Å². The maximum atomic E-state index is 9.81. The van der Waals surface area contributed by atoms with E-state index in [2.05, 4.69) is 13.8 Å². The predicted molar refractivity (Wildman–Crippen MR) is 88.9 cm³/mol. The molecule has 0 aliphatic heterocycles. The topological polar surface area (TPSA) is 26.3 Å². The lowest BCUT2D eigenvalue weighted by Crippen LogP contribution is -1.94. The highest BCUT2D eigenvalue weighted by Crippen LogP contribution is 1.98. The zero-order valence-electron chi connectivity index (χ0n) is 15.0. The minimum atomic E-state index is 0.255. The van der Waals surface area contributed by atoms with Gasteiger partial charge in [0.1, 0.15) is 5.78 Å². The second-order valence-corrected chi connectivity index (χ2v) is 3.73. The lowest BCUT2D eigenvalue weighted by atomic mass is 10.2. The molecule has 0 fully saturated rings. The molecule has 0 N–H and O–H groups in total. The van der Waals surface area contributed by atoms with Gasteiger partial charge in [-0.3, -0.25) is 0 Å². The first-order valence-corrected chi connectivity index (χ1v) is 8.26. The fraction of sp³-hybridized carbons (Fsp3) is 0.941. The van der Waals surface area contributed by atoms with Gasteiger partial charge in [-0.15, -0.1) is 0 Å². The number of carbonyl (C=O) groups excluding carboxylic acids is 1. The Morgan fingerprint density at radius 3 is 1.58 bits per heavy atom. The molecule has 0 saturated carbocycles. The van der Waals surface area contributed by atoms with Crippen LogP contribution in [0.2, 0.25) is 0 Å². The van der Waals surface area contributed by atoms with Crippen LogP contribution >= 0.6 is 0 Å². The summed E-state index contributed by atoms with van der Waals surface area (Å²) in [7, 11) is 0. The maximum absolute atomic E-state index is 9.81. The first-order chi connectivity index (χ1) is 9.18. The van der Waals surface area contributed by atoms with Gasteiger partial charge < -0.3 is 9.53 Å². The summed E-state index contributed by atoms with van der Waals surface area (Å²) >= 11 is 0. The van der Waals surface area contributed by atoms with Crippen molar-refractivity contribution >= 4 is 5.78 Å². The van der Waals surface area contributed by atoms with E-state index >= 15 is 0 Å². The average molecular weight is 277 g/mol. The molecular weight excluding hydrogens is 236 g/mol. The highest BCUT2D eigenvalue weighted by Gasteiger charge is 1.86. The van der Waals surface area contributed by atoms with Gasteiger partial charge in [-0.05, 0) is 19.8 Å². The highest BCUT2D eigenvalue weighted by molar-refractivity contribution is 5.74. The quantitative estimate of drug-likeness (QED) is 0.506. The molecule has 2 heteroatoms. The molecule has 0 bridgehead atoms. The fourth-order valence-electron chi connectivity index (χ4n) is 0.877. The van der Waals surface area contributed by atoms with Crippen molar-refractivity contribution in [3.63, 3.8) is 0 Å². The van der Waals surface area contributed by atoms with Gasteiger partial charge in [0.05, 0.1) is 0 Å². The van der Waals surface area contributed by atoms with Crippen LogP contribution in [0.25, 0.3) is 0 Å². The SMILES string of the molecule is CC.CC.CCC(C)=O.CCCCCCOCCC. The second kappa shape index (κ2) is 36.0. The summed E-state index contributed by atoms with van der Waals surface area (Å²) < 4.78 is 5.33. The van der Waals surface area contributed by atoms with E-state index in [9.17, 15) is 4.79 Å². The summed E-state index contributed by atoms with van der Waals surface area (Å²) in [5.41, 5.74) is 0. The van der Waals surface area contributed by atoms with E-state index in [-0.39, 0.29) is 5.78 Å². The van der Waals surface area contributed by atoms with E-state index in [0.717, 1.165) is 19.6 Å². The predicted octanol–water partition coefficient (Wildman–Crippen LogP) is 6.03. The third-order valence-corrected chi connectivity index (χ3v) is 1.99. The van der Waals surface area contributed by atoms with Crippen molar-refractivity contribution in [1.82, 2.24) is 0 Å². The number of ether oxygens (including phenoxy) is 1. The van der Waals surface area contributed by atoms with Crippen molar-refractivity contribution in [2.75, 3.05) is 13.2 Å². The Morgan fingerprint density at radius 2 is 1.26 bits per heavy atom. The number of rotatable bonds is 8. The molecule has 0 radical (unpaired) electrons. The number of hydrogen-bond acceptors (Lipinski definition) is 2. The van der Waals surface area contributed by atoms with Gasteiger partial charge >= 0.3 is 0 Å². The summed E-state index contributed by atoms with van der Waals surface area (Å²) in [5, 5.41) is 0. The van der Waals surface area contributed by atoms with E-state index in [4.69, 9.17) is 4.74 Å². The smallest absolute Gasteiger partial charge is 0.129 e. The maximum Gasteiger partial charge on any atom is 0.129 e. The summed E-state index contributed by atoms with van der Waals surface area (Å²) in [6, 6.07) is 0. The minimum absolute atomic E-state index is 0.255. The monoisotopic (exact) mass is 276 g/mol. The van der Waals surface area contributed by atoms with Crippen LogP contribution in [0.4, 0.5) is 0 Å². The zero-order valence-corrected chi connectivity index (χ0v) is 15.0. The molecule has 0 aliphatic rings. The number of unbranched alkanes of at least 4 members (excludes halogenated alkanes) is 3. The van der Waals surface area contributed by atoms with Crippen molar-refractivity contribution in [2.24, 2.45) is 0 Å². The van der Waals surface area contributed by atoms with Crippen LogP contribution in [0.3, 0.4) is 0 Å². The molecule has 0 aromatic carbocycles. The number of hydrogen-bond donors (Lipinski definition) is 0. The van der Waals surface area contributed by atoms with Crippen LogP contribution in [-0.4, -0.2) is 19.0 Å². The van der Waals surface area contributed by atoms with Gasteiger partial charge in [0, 0.05) is 19.6 Å². The molecule has 0 heterocycles. The van der Waals surface area contributed by atoms with Crippen molar-refractivity contribution < 1.29 is 9.53 Å². The average Bonchev–Trinajstić information content (AvgIpc) is 2.47. The Bertz CT molecular complexity index is 114. The molecule has 0 atom stereocenters. The van der Waals surface area contributed by atoms with Crippen LogP contribution in [0, 0.1) is 0 Å². The largest absolute Gasteiger partial charge is 0.381 e. The lowest BCUT2D eigenvalue weighted by Gasteiger charge is -2.00. The molecular formula is C17H40O2. The van der Waals surface area contributed by atoms with Crippen LogP contribution in [-0.2, 0) is 9.53 Å². The highest BCUT2D eigenvalue weighted by atomic mass is 16.5. The summed E-state index contributed by atoms with van der Waals surface area (Å²) in [6.45, 7) is 17.7. The van der Waals surface area contributed by atoms with E-state index in [0.29, 0.717) is 6.42 Å². The molecule has 0 aromatic heterocycles. The second-order valence-electron chi connectivity index (χ2n) is 3.73. The van der Waals surface area contributed by atoms with Gasteiger partial charge in [0.2, 0.25) is 0 Å². The van der Waals surface area contributed by atoms with Crippen molar-refractivity contribution in [3.8, 4) is 0 Å². The Balaban J connectivity index is -0.000000105. The number of Topliss-reactive ketones (excluding diaryl/α,β-unsaturated/α-hetero) is 1. The van der Waals surface area contributed by atoms with E-state index in [1.54, 1.807) is 6.92 Å². The summed E-state index contributed by atoms with van der Waals surface area (Å²) in [5.74, 6) is 0.255. The Hall–Kier alpha value is -0.370. The van der Waals surface area contributed by atoms with Gasteiger partial charge in [-0.1, -0.05) is 67.7 Å². The normalized spacial score (nSPS) is 8.00. The molecule has 0 aromatic rings. The van der Waals surface area contributed by atoms with Crippen LogP contribution in [0.15, 0.2) is 0 Å². The fourth-order valence-corrected chi connectivity index (χ4v) is 0.877. The molecule has 0 saturated heterocycles. The van der Waals surface area contributed by atoms with E-state index < -0.39 is 0 Å². The van der Waals surface area contributed by atoms with Gasteiger partial charge in [0.25, 0.3) is 0 Å². The van der Waals surface area contributed by atoms with E-state index in [1.807, 2.05) is 34.6 Å². The summed E-state index contributed by atoms with van der Waals surface area (Å²) in [6.07, 6.45) is 7.06. The molecule has 19 heavy (non-hydrogen) atoms. The van der Waals surface area contributed by atoms with E-state index in [1.165, 1.54) is 25.7 Å². The number of ketones is 1. The zero-order chi connectivity index (χ0) is 15.9. The molecule has 0 amide bonds. The van der Waals surface area contributed by atoms with Crippen LogP contribution in [0.5, 0.6) is 0 Å². The third kappa shape index (κ3) is 57.8. The molecule has 2 nitrogen and oxygen atoms in total. The van der Waals surface area contributed by atoms with Gasteiger partial charge in [0.15, 0.2) is 0 Å². The lowest BCUT2D eigenvalue weighted by molar-refractivity contribution is -0.116. The molecule has 0 aliphatic carbocycles. The first kappa shape index (κ1) is 27.1. The third-order valence-electron chi connectivity index (χ3n) is 1.99. The Labute approximate surface area is 123 Å². The Morgan fingerprint density at radius 1 is 0.789 bits per heavy atom. The number of carbonyl (C=O) groups is 1. The first-order valence-electron chi connectivity index (χ1n) is 8.26. The van der Waals surface area contributed by atoms with Crippen LogP contribution < -0.4 is 0 Å². The Kier molecular flexibility index (Phi) is 51.3. The molecule has 120 valence electrons.